The van der Waals surface area contributed by atoms with Gasteiger partial charge in [0, 0.05) is 46.0 Å². The molecule has 1 unspecified atom stereocenters. The molecular weight excluding hydrogens is 366 g/mol. The summed E-state index contributed by atoms with van der Waals surface area (Å²) in [6.45, 7) is 10.8. The van der Waals surface area contributed by atoms with Crippen molar-refractivity contribution < 1.29 is 9.53 Å². The van der Waals surface area contributed by atoms with Crippen LogP contribution in [0.4, 0.5) is 10.5 Å². The van der Waals surface area contributed by atoms with Crippen molar-refractivity contribution >= 4 is 17.7 Å². The van der Waals surface area contributed by atoms with Crippen LogP contribution in [0.5, 0.6) is 0 Å². The van der Waals surface area contributed by atoms with Crippen LogP contribution in [0.1, 0.15) is 39.7 Å². The van der Waals surface area contributed by atoms with Crippen LogP contribution in [-0.4, -0.2) is 68.9 Å². The van der Waals surface area contributed by atoms with Crippen LogP contribution >= 0.6 is 0 Å². The smallest absolute Gasteiger partial charge is 0.407 e. The fraction of sp³-hybridized carbons (Fsp3) is 0.636. The van der Waals surface area contributed by atoms with Gasteiger partial charge in [0.25, 0.3) is 0 Å². The third-order valence-electron chi connectivity index (χ3n) is 4.66. The minimum Gasteiger partial charge on any atom is -0.444 e. The zero-order valence-electron chi connectivity index (χ0n) is 18.8. The standard InChI is InChI=1S/C22H37N5O2/c1-7-23-20(24-14-12-17-8-10-19(11-9-17)26(5)6)27-15-13-18(16-27)25-21(28)29-22(2,3)4/h8-11,18H,7,12-16H2,1-6H3,(H,23,24)(H,25,28). The molecule has 0 spiro atoms. The van der Waals surface area contributed by atoms with Gasteiger partial charge in [-0.15, -0.1) is 0 Å². The summed E-state index contributed by atoms with van der Waals surface area (Å²) in [4.78, 5) is 21.1. The average molecular weight is 404 g/mol. The van der Waals surface area contributed by atoms with Crippen molar-refractivity contribution in [3.05, 3.63) is 29.8 Å². The molecule has 1 heterocycles. The molecule has 7 nitrogen and oxygen atoms in total. The second kappa shape index (κ2) is 10.4. The lowest BCUT2D eigenvalue weighted by molar-refractivity contribution is 0.0507. The third-order valence-corrected chi connectivity index (χ3v) is 4.66. The summed E-state index contributed by atoms with van der Waals surface area (Å²) >= 11 is 0. The number of nitrogens with zero attached hydrogens (tertiary/aromatic N) is 3. The van der Waals surface area contributed by atoms with E-state index in [1.165, 1.54) is 11.3 Å². The summed E-state index contributed by atoms with van der Waals surface area (Å²) in [6.07, 6.45) is 1.43. The number of amides is 1. The lowest BCUT2D eigenvalue weighted by Crippen LogP contribution is -2.44. The van der Waals surface area contributed by atoms with E-state index < -0.39 is 5.60 Å². The molecule has 1 aliphatic heterocycles. The second-order valence-electron chi connectivity index (χ2n) is 8.62. The van der Waals surface area contributed by atoms with E-state index in [4.69, 9.17) is 9.73 Å². The Bertz CT molecular complexity index is 679. The van der Waals surface area contributed by atoms with Crippen LogP contribution in [0.25, 0.3) is 0 Å². The molecule has 0 aromatic heterocycles. The Labute approximate surface area is 175 Å². The first-order valence-corrected chi connectivity index (χ1v) is 10.5. The van der Waals surface area contributed by atoms with Crippen molar-refractivity contribution in [3.8, 4) is 0 Å². The minimum atomic E-state index is -0.483. The summed E-state index contributed by atoms with van der Waals surface area (Å²) < 4.78 is 5.36. The topological polar surface area (TPSA) is 69.2 Å². The fourth-order valence-corrected chi connectivity index (χ4v) is 3.22. The number of rotatable bonds is 6. The molecule has 0 bridgehead atoms. The predicted octanol–water partition coefficient (Wildman–Crippen LogP) is 2.86. The van der Waals surface area contributed by atoms with E-state index in [1.807, 2.05) is 34.9 Å². The van der Waals surface area contributed by atoms with Crippen molar-refractivity contribution in [2.24, 2.45) is 4.99 Å². The van der Waals surface area contributed by atoms with Crippen LogP contribution in [0.15, 0.2) is 29.3 Å². The number of likely N-dealkylation sites (tertiary alicyclic amines) is 1. The predicted molar refractivity (Wildman–Crippen MR) is 120 cm³/mol. The lowest BCUT2D eigenvalue weighted by Gasteiger charge is -2.23. The van der Waals surface area contributed by atoms with E-state index in [1.54, 1.807) is 0 Å². The average Bonchev–Trinajstić information content (AvgIpc) is 3.08. The van der Waals surface area contributed by atoms with Crippen molar-refractivity contribution in [1.29, 1.82) is 0 Å². The molecular formula is C22H37N5O2. The van der Waals surface area contributed by atoms with Gasteiger partial charge in [0.05, 0.1) is 6.04 Å². The molecule has 29 heavy (non-hydrogen) atoms. The Morgan fingerprint density at radius 3 is 2.55 bits per heavy atom. The number of alkyl carbamates (subject to hydrolysis) is 1. The largest absolute Gasteiger partial charge is 0.444 e. The van der Waals surface area contributed by atoms with Crippen LogP contribution in [0, 0.1) is 0 Å². The number of carbonyl (C=O) groups is 1. The number of anilines is 1. The Morgan fingerprint density at radius 2 is 1.97 bits per heavy atom. The number of guanidine groups is 1. The summed E-state index contributed by atoms with van der Waals surface area (Å²) in [6, 6.07) is 8.67. The first-order valence-electron chi connectivity index (χ1n) is 10.5. The van der Waals surface area contributed by atoms with E-state index in [-0.39, 0.29) is 12.1 Å². The van der Waals surface area contributed by atoms with E-state index in [0.717, 1.165) is 45.0 Å². The van der Waals surface area contributed by atoms with E-state index >= 15 is 0 Å². The van der Waals surface area contributed by atoms with Crippen LogP contribution in [0.3, 0.4) is 0 Å². The Morgan fingerprint density at radius 1 is 1.28 bits per heavy atom. The van der Waals surface area contributed by atoms with Crippen molar-refractivity contribution in [1.82, 2.24) is 15.5 Å². The lowest BCUT2D eigenvalue weighted by atomic mass is 10.1. The minimum absolute atomic E-state index is 0.0762. The van der Waals surface area contributed by atoms with E-state index in [2.05, 4.69) is 51.6 Å². The van der Waals surface area contributed by atoms with E-state index in [0.29, 0.717) is 0 Å². The maximum absolute atomic E-state index is 12.0. The highest BCUT2D eigenvalue weighted by atomic mass is 16.6. The molecule has 1 aromatic carbocycles. The van der Waals surface area contributed by atoms with E-state index in [9.17, 15) is 4.79 Å². The van der Waals surface area contributed by atoms with Crippen molar-refractivity contribution in [2.45, 2.75) is 52.2 Å². The molecule has 162 valence electrons. The normalized spacial score (nSPS) is 17.2. The van der Waals surface area contributed by atoms with Crippen LogP contribution < -0.4 is 15.5 Å². The van der Waals surface area contributed by atoms with Gasteiger partial charge in [0.15, 0.2) is 5.96 Å². The highest BCUT2D eigenvalue weighted by Gasteiger charge is 2.27. The summed E-state index contributed by atoms with van der Waals surface area (Å²) in [5.74, 6) is 0.908. The Hall–Kier alpha value is -2.44. The van der Waals surface area contributed by atoms with Gasteiger partial charge in [0.1, 0.15) is 5.60 Å². The highest BCUT2D eigenvalue weighted by molar-refractivity contribution is 5.80. The van der Waals surface area contributed by atoms with Gasteiger partial charge >= 0.3 is 6.09 Å². The summed E-state index contributed by atoms with van der Waals surface area (Å²) in [5.41, 5.74) is 2.00. The molecule has 0 saturated carbocycles. The molecule has 1 fully saturated rings. The van der Waals surface area contributed by atoms with Gasteiger partial charge in [-0.3, -0.25) is 4.99 Å². The quantitative estimate of drug-likeness (QED) is 0.565. The molecule has 1 aliphatic rings. The molecule has 1 aromatic rings. The Balaban J connectivity index is 1.87. The Kier molecular flexibility index (Phi) is 8.17. The number of hydrogen-bond donors (Lipinski definition) is 2. The molecule has 7 heteroatoms. The first kappa shape index (κ1) is 22.8. The maximum Gasteiger partial charge on any atom is 0.407 e. The molecule has 0 aliphatic carbocycles. The third kappa shape index (κ3) is 7.83. The van der Waals surface area contributed by atoms with Gasteiger partial charge in [-0.1, -0.05) is 12.1 Å². The first-order chi connectivity index (χ1) is 13.7. The van der Waals surface area contributed by atoms with Gasteiger partial charge in [-0.05, 0) is 58.2 Å². The maximum atomic E-state index is 12.0. The molecule has 1 saturated heterocycles. The number of carbonyl (C=O) groups excluding carboxylic acids is 1. The zero-order valence-corrected chi connectivity index (χ0v) is 18.8. The van der Waals surface area contributed by atoms with Crippen LogP contribution in [0.2, 0.25) is 0 Å². The SMILES string of the molecule is CCNC(=NCCc1ccc(N(C)C)cc1)N1CCC(NC(=O)OC(C)(C)C)C1. The number of nitrogens with one attached hydrogen (secondary N) is 2. The van der Waals surface area contributed by atoms with Gasteiger partial charge in [-0.25, -0.2) is 4.79 Å². The van der Waals surface area contributed by atoms with Crippen LogP contribution in [-0.2, 0) is 11.2 Å². The number of aliphatic imine (C=N–C) groups is 1. The number of benzene rings is 1. The zero-order chi connectivity index (χ0) is 21.4. The van der Waals surface area contributed by atoms with Gasteiger partial charge < -0.3 is 25.2 Å². The van der Waals surface area contributed by atoms with Crippen molar-refractivity contribution in [2.75, 3.05) is 45.2 Å². The summed E-state index contributed by atoms with van der Waals surface area (Å²) in [5, 5.41) is 6.34. The number of hydrogen-bond acceptors (Lipinski definition) is 4. The summed E-state index contributed by atoms with van der Waals surface area (Å²) in [7, 11) is 4.09. The second-order valence-corrected chi connectivity index (χ2v) is 8.62. The monoisotopic (exact) mass is 403 g/mol. The van der Waals surface area contributed by atoms with Crippen molar-refractivity contribution in [3.63, 3.8) is 0 Å². The van der Waals surface area contributed by atoms with Gasteiger partial charge in [0.2, 0.25) is 0 Å². The molecule has 1 atom stereocenters. The molecule has 0 radical (unpaired) electrons. The molecule has 2 rings (SSSR count). The highest BCUT2D eigenvalue weighted by Crippen LogP contribution is 2.14. The molecule has 2 N–H and O–H groups in total. The molecule has 1 amide bonds. The fourth-order valence-electron chi connectivity index (χ4n) is 3.22. The van der Waals surface area contributed by atoms with Gasteiger partial charge in [-0.2, -0.15) is 0 Å². The number of ether oxygens (including phenoxy) is 1.